The quantitative estimate of drug-likeness (QED) is 0.558. The zero-order chi connectivity index (χ0) is 18.7. The maximum atomic E-state index is 12.1. The Labute approximate surface area is 152 Å². The van der Waals surface area contributed by atoms with Crippen LogP contribution in [0.4, 0.5) is 0 Å². The van der Waals surface area contributed by atoms with Gasteiger partial charge in [0, 0.05) is 25.0 Å². The van der Waals surface area contributed by atoms with E-state index in [1.165, 1.54) is 0 Å². The predicted molar refractivity (Wildman–Crippen MR) is 92.1 cm³/mol. The van der Waals surface area contributed by atoms with E-state index >= 15 is 0 Å². The summed E-state index contributed by atoms with van der Waals surface area (Å²) in [6, 6.07) is 4.25. The van der Waals surface area contributed by atoms with E-state index in [4.69, 9.17) is 23.2 Å². The number of halogens is 2. The Bertz CT molecular complexity index is 778. The molecule has 0 saturated carbocycles. The molecule has 2 aromatic rings. The topological polar surface area (TPSA) is 115 Å². The van der Waals surface area contributed by atoms with Gasteiger partial charge in [-0.05, 0) is 18.6 Å². The van der Waals surface area contributed by atoms with Crippen LogP contribution in [0.15, 0.2) is 24.3 Å². The minimum absolute atomic E-state index is 0.0486. The molecule has 0 amide bonds. The molecule has 0 saturated heterocycles. The smallest absolute Gasteiger partial charge is 0.166 e. The van der Waals surface area contributed by atoms with E-state index in [0.717, 1.165) is 24.3 Å². The molecule has 132 valence electrons. The highest BCUT2D eigenvalue weighted by Crippen LogP contribution is 2.33. The Morgan fingerprint density at radius 1 is 0.680 bits per heavy atom. The summed E-state index contributed by atoms with van der Waals surface area (Å²) in [6.07, 6.45) is 0.0630. The van der Waals surface area contributed by atoms with Crippen molar-refractivity contribution in [1.29, 1.82) is 0 Å². The zero-order valence-electron chi connectivity index (χ0n) is 12.8. The van der Waals surface area contributed by atoms with Crippen molar-refractivity contribution in [1.82, 2.24) is 0 Å². The second kappa shape index (κ2) is 7.63. The van der Waals surface area contributed by atoms with Crippen molar-refractivity contribution in [2.45, 2.75) is 19.3 Å². The largest absolute Gasteiger partial charge is 0.507 e. The Morgan fingerprint density at radius 3 is 1.40 bits per heavy atom. The van der Waals surface area contributed by atoms with Gasteiger partial charge < -0.3 is 20.4 Å². The standard InChI is InChI=1S/C17H14Cl2O6/c18-10-4-8(14(22)6-16(10)24)12(20)2-1-3-13(21)9-5-11(19)17(25)7-15(9)23/h4-7,22-25H,1-3H2. The highest BCUT2D eigenvalue weighted by molar-refractivity contribution is 6.33. The minimum atomic E-state index is -0.444. The van der Waals surface area contributed by atoms with Gasteiger partial charge in [0.15, 0.2) is 11.6 Å². The normalized spacial score (nSPS) is 10.6. The third kappa shape index (κ3) is 4.35. The van der Waals surface area contributed by atoms with Crippen molar-refractivity contribution in [2.75, 3.05) is 0 Å². The maximum absolute atomic E-state index is 12.1. The van der Waals surface area contributed by atoms with Gasteiger partial charge in [-0.25, -0.2) is 0 Å². The van der Waals surface area contributed by atoms with Crippen molar-refractivity contribution >= 4 is 34.8 Å². The van der Waals surface area contributed by atoms with Crippen LogP contribution < -0.4 is 0 Å². The van der Waals surface area contributed by atoms with E-state index in [1.807, 2.05) is 0 Å². The van der Waals surface area contributed by atoms with Crippen LogP contribution in [0.1, 0.15) is 40.0 Å². The van der Waals surface area contributed by atoms with Crippen LogP contribution in [0.3, 0.4) is 0 Å². The van der Waals surface area contributed by atoms with Gasteiger partial charge in [0.2, 0.25) is 0 Å². The third-order valence-corrected chi connectivity index (χ3v) is 4.14. The molecule has 25 heavy (non-hydrogen) atoms. The van der Waals surface area contributed by atoms with Gasteiger partial charge in [0.05, 0.1) is 21.2 Å². The van der Waals surface area contributed by atoms with Gasteiger partial charge in [-0.3, -0.25) is 9.59 Å². The van der Waals surface area contributed by atoms with E-state index in [1.54, 1.807) is 0 Å². The number of rotatable bonds is 6. The molecule has 0 spiro atoms. The van der Waals surface area contributed by atoms with E-state index in [2.05, 4.69) is 0 Å². The number of ketones is 2. The molecule has 6 nitrogen and oxygen atoms in total. The maximum Gasteiger partial charge on any atom is 0.166 e. The molecule has 0 bridgehead atoms. The summed E-state index contributed by atoms with van der Waals surface area (Å²) in [7, 11) is 0. The number of aromatic hydroxyl groups is 4. The molecule has 8 heteroatoms. The molecular formula is C17H14Cl2O6. The highest BCUT2D eigenvalue weighted by Gasteiger charge is 2.17. The van der Waals surface area contributed by atoms with Crippen molar-refractivity contribution in [3.63, 3.8) is 0 Å². The SMILES string of the molecule is O=C(CCCC(=O)c1cc(Cl)c(O)cc1O)c1cc(Cl)c(O)cc1O. The first-order valence-corrected chi connectivity index (χ1v) is 7.95. The molecule has 0 aliphatic rings. The van der Waals surface area contributed by atoms with Crippen LogP contribution in [-0.2, 0) is 0 Å². The van der Waals surface area contributed by atoms with Crippen molar-refractivity contribution in [3.05, 3.63) is 45.4 Å². The number of hydrogen-bond donors (Lipinski definition) is 4. The van der Waals surface area contributed by atoms with Gasteiger partial charge in [0.25, 0.3) is 0 Å². The molecule has 2 rings (SSSR count). The van der Waals surface area contributed by atoms with Crippen LogP contribution in [0, 0.1) is 0 Å². The van der Waals surface area contributed by atoms with Crippen molar-refractivity contribution in [2.24, 2.45) is 0 Å². The van der Waals surface area contributed by atoms with Gasteiger partial charge >= 0.3 is 0 Å². The van der Waals surface area contributed by atoms with E-state index < -0.39 is 23.1 Å². The number of hydrogen-bond acceptors (Lipinski definition) is 6. The fraction of sp³-hybridized carbons (Fsp3) is 0.176. The molecule has 2 aromatic carbocycles. The van der Waals surface area contributed by atoms with Crippen LogP contribution in [0.2, 0.25) is 10.0 Å². The van der Waals surface area contributed by atoms with Crippen molar-refractivity contribution in [3.8, 4) is 23.0 Å². The van der Waals surface area contributed by atoms with Gasteiger partial charge in [-0.2, -0.15) is 0 Å². The van der Waals surface area contributed by atoms with Crippen LogP contribution in [0.5, 0.6) is 23.0 Å². The lowest BCUT2D eigenvalue weighted by molar-refractivity contribution is 0.0955. The average molecular weight is 385 g/mol. The zero-order valence-corrected chi connectivity index (χ0v) is 14.3. The molecular weight excluding hydrogens is 371 g/mol. The molecule has 0 radical (unpaired) electrons. The summed E-state index contributed by atoms with van der Waals surface area (Å²) in [5.41, 5.74) is -0.100. The molecule has 4 N–H and O–H groups in total. The average Bonchev–Trinajstić information content (AvgIpc) is 2.54. The molecule has 0 aliphatic carbocycles. The monoisotopic (exact) mass is 384 g/mol. The van der Waals surface area contributed by atoms with E-state index in [9.17, 15) is 30.0 Å². The molecule has 0 aromatic heterocycles. The minimum Gasteiger partial charge on any atom is -0.507 e. The van der Waals surface area contributed by atoms with Crippen LogP contribution in [0.25, 0.3) is 0 Å². The number of carbonyl (C=O) groups is 2. The van der Waals surface area contributed by atoms with Gasteiger partial charge in [-0.15, -0.1) is 0 Å². The highest BCUT2D eigenvalue weighted by atomic mass is 35.5. The van der Waals surface area contributed by atoms with Gasteiger partial charge in [0.1, 0.15) is 23.0 Å². The van der Waals surface area contributed by atoms with E-state index in [-0.39, 0.29) is 51.9 Å². The Balaban J connectivity index is 2.01. The lowest BCUT2D eigenvalue weighted by Crippen LogP contribution is -2.04. The number of carbonyl (C=O) groups excluding carboxylic acids is 2. The fourth-order valence-corrected chi connectivity index (χ4v) is 2.55. The summed E-state index contributed by atoms with van der Waals surface area (Å²) >= 11 is 11.4. The predicted octanol–water partition coefficient (Wildman–Crippen LogP) is 4.05. The first kappa shape index (κ1) is 18.9. The fourth-order valence-electron chi connectivity index (χ4n) is 2.23. The molecule has 0 aliphatic heterocycles. The molecule has 0 heterocycles. The third-order valence-electron chi connectivity index (χ3n) is 3.54. The number of Topliss-reactive ketones (excluding diaryl/α,β-unsaturated/α-hetero) is 2. The number of phenolic OH excluding ortho intramolecular Hbond substituents is 4. The summed E-state index contributed by atoms with van der Waals surface area (Å²) in [5.74, 6) is -2.38. The second-order valence-corrected chi connectivity index (χ2v) is 6.16. The van der Waals surface area contributed by atoms with Crippen LogP contribution in [-0.4, -0.2) is 32.0 Å². The van der Waals surface area contributed by atoms with Crippen molar-refractivity contribution < 1.29 is 30.0 Å². The second-order valence-electron chi connectivity index (χ2n) is 5.34. The number of phenols is 4. The molecule has 0 unspecified atom stereocenters. The van der Waals surface area contributed by atoms with Gasteiger partial charge in [-0.1, -0.05) is 23.2 Å². The number of benzene rings is 2. The lowest BCUT2D eigenvalue weighted by Gasteiger charge is -2.07. The summed E-state index contributed by atoms with van der Waals surface area (Å²) in [5, 5.41) is 37.9. The van der Waals surface area contributed by atoms with E-state index in [0.29, 0.717) is 0 Å². The summed E-state index contributed by atoms with van der Waals surface area (Å²) in [4.78, 5) is 24.2. The molecule has 0 atom stereocenters. The summed E-state index contributed by atoms with van der Waals surface area (Å²) in [6.45, 7) is 0. The Kier molecular flexibility index (Phi) is 5.77. The Hall–Kier alpha value is -2.44. The Morgan fingerprint density at radius 2 is 1.04 bits per heavy atom. The van der Waals surface area contributed by atoms with Crippen LogP contribution >= 0.6 is 23.2 Å². The first-order chi connectivity index (χ1) is 11.7. The lowest BCUT2D eigenvalue weighted by atomic mass is 10.0. The summed E-state index contributed by atoms with van der Waals surface area (Å²) < 4.78 is 0. The first-order valence-electron chi connectivity index (χ1n) is 7.20. The molecule has 0 fully saturated rings.